The molecule has 0 amide bonds. The second-order valence-corrected chi connectivity index (χ2v) is 7.62. The van der Waals surface area contributed by atoms with E-state index < -0.39 is 0 Å². The van der Waals surface area contributed by atoms with Crippen LogP contribution in [0.5, 0.6) is 0 Å². The predicted molar refractivity (Wildman–Crippen MR) is 121 cm³/mol. The van der Waals surface area contributed by atoms with Crippen molar-refractivity contribution in [3.8, 4) is 0 Å². The fourth-order valence-corrected chi connectivity index (χ4v) is 3.30. The normalized spacial score (nSPS) is 10.9. The minimum Gasteiger partial charge on any atom is -0.461 e. The zero-order valence-corrected chi connectivity index (χ0v) is 18.9. The molecule has 2 aromatic carbocycles. The number of halogens is 3. The lowest BCUT2D eigenvalue weighted by molar-refractivity contribution is 0.0418. The molecule has 0 aliphatic rings. The van der Waals surface area contributed by atoms with Crippen LogP contribution in [0.15, 0.2) is 42.5 Å². The van der Waals surface area contributed by atoms with E-state index >= 15 is 0 Å². The quantitative estimate of drug-likeness (QED) is 0.475. The Morgan fingerprint density at radius 1 is 1.00 bits per heavy atom. The van der Waals surface area contributed by atoms with Crippen molar-refractivity contribution in [3.05, 3.63) is 58.1 Å². The first kappa shape index (κ1) is 24.6. The van der Waals surface area contributed by atoms with Crippen LogP contribution in [-0.4, -0.2) is 36.1 Å². The highest BCUT2D eigenvalue weighted by atomic mass is 35.5. The number of esters is 1. The summed E-state index contributed by atoms with van der Waals surface area (Å²) in [6, 6.07) is 13.3. The number of anilines is 2. The second-order valence-electron chi connectivity index (χ2n) is 6.83. The van der Waals surface area contributed by atoms with Crippen LogP contribution in [0.25, 0.3) is 0 Å². The molecule has 0 saturated carbocycles. The van der Waals surface area contributed by atoms with Crippen LogP contribution < -0.4 is 5.32 Å². The Kier molecular flexibility index (Phi) is 10.1. The largest absolute Gasteiger partial charge is 0.461 e. The van der Waals surface area contributed by atoms with Gasteiger partial charge in [-0.25, -0.2) is 4.79 Å². The maximum Gasteiger partial charge on any atom is 0.340 e. The van der Waals surface area contributed by atoms with E-state index in [0.29, 0.717) is 52.2 Å². The number of nitrogens with one attached hydrogen (secondary N) is 1. The van der Waals surface area contributed by atoms with Gasteiger partial charge in [-0.05, 0) is 52.0 Å². The SMILES string of the molecule is CC(C)N(CCOC(=O)c1ccccc1Nc1cccc(Cl)c1Cl)C(C)C.Cl. The second kappa shape index (κ2) is 11.5. The highest BCUT2D eigenvalue weighted by Crippen LogP contribution is 2.32. The van der Waals surface area contributed by atoms with Crippen molar-refractivity contribution in [1.82, 2.24) is 4.90 Å². The molecule has 1 N–H and O–H groups in total. The monoisotopic (exact) mass is 444 g/mol. The van der Waals surface area contributed by atoms with E-state index in [-0.39, 0.29) is 18.4 Å². The molecule has 0 atom stereocenters. The number of carbonyl (C=O) groups excluding carboxylic acids is 1. The molecule has 0 unspecified atom stereocenters. The summed E-state index contributed by atoms with van der Waals surface area (Å²) in [5, 5.41) is 4.03. The van der Waals surface area contributed by atoms with Gasteiger partial charge in [0.05, 0.1) is 27.0 Å². The number of rotatable bonds is 8. The minimum absolute atomic E-state index is 0. The topological polar surface area (TPSA) is 41.6 Å². The van der Waals surface area contributed by atoms with Crippen molar-refractivity contribution < 1.29 is 9.53 Å². The van der Waals surface area contributed by atoms with Gasteiger partial charge in [0.25, 0.3) is 0 Å². The molecule has 28 heavy (non-hydrogen) atoms. The van der Waals surface area contributed by atoms with Crippen LogP contribution >= 0.6 is 35.6 Å². The van der Waals surface area contributed by atoms with Gasteiger partial charge in [0.15, 0.2) is 0 Å². The smallest absolute Gasteiger partial charge is 0.340 e. The summed E-state index contributed by atoms with van der Waals surface area (Å²) in [6.45, 7) is 9.56. The van der Waals surface area contributed by atoms with E-state index in [1.54, 1.807) is 30.3 Å². The molecule has 0 heterocycles. The molecule has 0 saturated heterocycles. The number of carbonyl (C=O) groups is 1. The highest BCUT2D eigenvalue weighted by Gasteiger charge is 2.17. The third-order valence-electron chi connectivity index (χ3n) is 4.28. The van der Waals surface area contributed by atoms with Gasteiger partial charge in [0.1, 0.15) is 6.61 Å². The molecular weight excluding hydrogens is 419 g/mol. The standard InChI is InChI=1S/C21H26Cl2N2O2.ClH/c1-14(2)25(15(3)4)12-13-27-21(26)16-8-5-6-10-18(16)24-19-11-7-9-17(22)20(19)23;/h5-11,14-15,24H,12-13H2,1-4H3;1H. The van der Waals surface area contributed by atoms with Gasteiger partial charge >= 0.3 is 5.97 Å². The average Bonchev–Trinajstić information content (AvgIpc) is 2.62. The summed E-state index contributed by atoms with van der Waals surface area (Å²) in [7, 11) is 0. The molecule has 2 rings (SSSR count). The number of para-hydroxylation sites is 1. The van der Waals surface area contributed by atoms with E-state index in [1.807, 2.05) is 12.1 Å². The zero-order valence-electron chi connectivity index (χ0n) is 16.5. The first-order valence-corrected chi connectivity index (χ1v) is 9.79. The van der Waals surface area contributed by atoms with Crippen LogP contribution in [0.3, 0.4) is 0 Å². The first-order chi connectivity index (χ1) is 12.8. The van der Waals surface area contributed by atoms with Crippen molar-refractivity contribution in [1.29, 1.82) is 0 Å². The Labute approximate surface area is 183 Å². The lowest BCUT2D eigenvalue weighted by atomic mass is 10.1. The Balaban J connectivity index is 0.00000392. The van der Waals surface area contributed by atoms with E-state index in [2.05, 4.69) is 37.9 Å². The Morgan fingerprint density at radius 2 is 1.61 bits per heavy atom. The first-order valence-electron chi connectivity index (χ1n) is 9.04. The lowest BCUT2D eigenvalue weighted by Gasteiger charge is -2.30. The van der Waals surface area contributed by atoms with Crippen molar-refractivity contribution in [2.75, 3.05) is 18.5 Å². The number of benzene rings is 2. The summed E-state index contributed by atoms with van der Waals surface area (Å²) in [5.41, 5.74) is 1.71. The van der Waals surface area contributed by atoms with Gasteiger partial charge in [-0.2, -0.15) is 0 Å². The van der Waals surface area contributed by atoms with Crippen LogP contribution in [0.4, 0.5) is 11.4 Å². The van der Waals surface area contributed by atoms with Crippen LogP contribution in [0, 0.1) is 0 Å². The summed E-state index contributed by atoms with van der Waals surface area (Å²) < 4.78 is 5.51. The Morgan fingerprint density at radius 3 is 2.25 bits per heavy atom. The van der Waals surface area contributed by atoms with Gasteiger partial charge in [0.2, 0.25) is 0 Å². The summed E-state index contributed by atoms with van der Waals surface area (Å²) in [5.74, 6) is -0.372. The molecular formula is C21H27Cl3N2O2. The molecule has 2 aromatic rings. The molecule has 0 fully saturated rings. The van der Waals surface area contributed by atoms with Crippen molar-refractivity contribution in [2.45, 2.75) is 39.8 Å². The number of hydrogen-bond acceptors (Lipinski definition) is 4. The van der Waals surface area contributed by atoms with Crippen LogP contribution in [0.2, 0.25) is 10.0 Å². The van der Waals surface area contributed by atoms with E-state index in [0.717, 1.165) is 0 Å². The number of nitrogens with zero attached hydrogens (tertiary/aromatic N) is 1. The predicted octanol–water partition coefficient (Wildman–Crippen LogP) is 6.43. The third-order valence-corrected chi connectivity index (χ3v) is 5.10. The molecule has 7 heteroatoms. The van der Waals surface area contributed by atoms with Gasteiger partial charge in [0, 0.05) is 18.6 Å². The van der Waals surface area contributed by atoms with Gasteiger partial charge in [-0.15, -0.1) is 12.4 Å². The molecule has 0 radical (unpaired) electrons. The Hall–Kier alpha value is -1.46. The Bertz CT molecular complexity index is 774. The van der Waals surface area contributed by atoms with Gasteiger partial charge in [-0.1, -0.05) is 41.4 Å². The van der Waals surface area contributed by atoms with Gasteiger partial charge < -0.3 is 10.1 Å². The molecule has 154 valence electrons. The minimum atomic E-state index is -0.372. The van der Waals surface area contributed by atoms with Gasteiger partial charge in [-0.3, -0.25) is 4.90 Å². The third kappa shape index (κ3) is 6.56. The summed E-state index contributed by atoms with van der Waals surface area (Å²) >= 11 is 12.3. The van der Waals surface area contributed by atoms with E-state index in [4.69, 9.17) is 27.9 Å². The molecule has 0 aliphatic carbocycles. The molecule has 0 aromatic heterocycles. The van der Waals surface area contributed by atoms with Crippen molar-refractivity contribution in [3.63, 3.8) is 0 Å². The maximum absolute atomic E-state index is 12.6. The lowest BCUT2D eigenvalue weighted by Crippen LogP contribution is -2.39. The highest BCUT2D eigenvalue weighted by molar-refractivity contribution is 6.43. The van der Waals surface area contributed by atoms with Crippen molar-refractivity contribution in [2.24, 2.45) is 0 Å². The van der Waals surface area contributed by atoms with E-state index in [9.17, 15) is 4.79 Å². The van der Waals surface area contributed by atoms with Crippen LogP contribution in [-0.2, 0) is 4.74 Å². The average molecular weight is 446 g/mol. The fourth-order valence-electron chi connectivity index (χ4n) is 2.95. The van der Waals surface area contributed by atoms with E-state index in [1.165, 1.54) is 0 Å². The molecule has 0 bridgehead atoms. The summed E-state index contributed by atoms with van der Waals surface area (Å²) in [6.07, 6.45) is 0. The zero-order chi connectivity index (χ0) is 20.0. The van der Waals surface area contributed by atoms with Crippen molar-refractivity contribution >= 4 is 53.0 Å². The molecule has 4 nitrogen and oxygen atoms in total. The summed E-state index contributed by atoms with van der Waals surface area (Å²) in [4.78, 5) is 14.9. The van der Waals surface area contributed by atoms with Crippen LogP contribution in [0.1, 0.15) is 38.1 Å². The number of hydrogen-bond donors (Lipinski definition) is 1. The number of ether oxygens (including phenoxy) is 1. The molecule has 0 aliphatic heterocycles. The fraction of sp³-hybridized carbons (Fsp3) is 0.381. The molecule has 0 spiro atoms. The maximum atomic E-state index is 12.6.